The molecule has 1 aromatic heterocycles. The minimum Gasteiger partial charge on any atom is -0.260 e. The van der Waals surface area contributed by atoms with Gasteiger partial charge in [0.1, 0.15) is 5.82 Å². The number of nitro benzene ring substituents is 1. The van der Waals surface area contributed by atoms with Crippen molar-refractivity contribution in [3.63, 3.8) is 0 Å². The molecule has 0 atom stereocenters. The number of nitrogens with zero attached hydrogens (tertiary/aromatic N) is 3. The van der Waals surface area contributed by atoms with E-state index in [-0.39, 0.29) is 12.1 Å². The average molecular weight is 339 g/mol. The van der Waals surface area contributed by atoms with Crippen LogP contribution in [0.3, 0.4) is 0 Å². The normalized spacial score (nSPS) is 11.6. The topological polar surface area (TPSA) is 93.4 Å². The zero-order valence-corrected chi connectivity index (χ0v) is 13.0. The molecule has 1 aromatic carbocycles. The highest BCUT2D eigenvalue weighted by Crippen LogP contribution is 2.24. The third-order valence-corrected chi connectivity index (χ3v) is 4.36. The van der Waals surface area contributed by atoms with E-state index in [9.17, 15) is 22.9 Å². The van der Waals surface area contributed by atoms with Gasteiger partial charge in [-0.1, -0.05) is 12.1 Å². The fourth-order valence-corrected chi connectivity index (χ4v) is 2.74. The summed E-state index contributed by atoms with van der Waals surface area (Å²) in [5, 5.41) is 11.0. The minimum atomic E-state index is -3.72. The Kier molecular flexibility index (Phi) is 5.02. The van der Waals surface area contributed by atoms with Crippen molar-refractivity contribution in [2.24, 2.45) is 0 Å². The van der Waals surface area contributed by atoms with Crippen molar-refractivity contribution in [1.82, 2.24) is 9.29 Å². The van der Waals surface area contributed by atoms with Crippen LogP contribution in [0.2, 0.25) is 0 Å². The number of rotatable bonds is 6. The summed E-state index contributed by atoms with van der Waals surface area (Å²) in [6.45, 7) is -0.552. The van der Waals surface area contributed by atoms with Crippen molar-refractivity contribution in [2.75, 3.05) is 6.26 Å². The molecule has 0 saturated heterocycles. The fraction of sp³-hybridized carbons (Fsp3) is 0.214. The van der Waals surface area contributed by atoms with Crippen LogP contribution in [0.1, 0.15) is 11.3 Å². The van der Waals surface area contributed by atoms with Crippen LogP contribution in [0.5, 0.6) is 0 Å². The van der Waals surface area contributed by atoms with Crippen LogP contribution in [0, 0.1) is 15.9 Å². The molecule has 0 fully saturated rings. The van der Waals surface area contributed by atoms with Gasteiger partial charge < -0.3 is 0 Å². The van der Waals surface area contributed by atoms with Gasteiger partial charge >= 0.3 is 0 Å². The zero-order chi connectivity index (χ0) is 17.0. The van der Waals surface area contributed by atoms with E-state index in [1.54, 1.807) is 18.2 Å². The summed E-state index contributed by atoms with van der Waals surface area (Å²) in [6, 6.07) is 8.39. The van der Waals surface area contributed by atoms with Crippen LogP contribution < -0.4 is 0 Å². The van der Waals surface area contributed by atoms with Crippen molar-refractivity contribution in [3.05, 3.63) is 69.8 Å². The molecule has 0 aliphatic heterocycles. The first kappa shape index (κ1) is 17.0. The Morgan fingerprint density at radius 1 is 1.22 bits per heavy atom. The van der Waals surface area contributed by atoms with E-state index in [0.29, 0.717) is 5.69 Å². The molecule has 0 N–H and O–H groups in total. The lowest BCUT2D eigenvalue weighted by Gasteiger charge is -2.19. The molecule has 7 nitrogen and oxygen atoms in total. The van der Waals surface area contributed by atoms with Gasteiger partial charge in [-0.25, -0.2) is 12.8 Å². The highest BCUT2D eigenvalue weighted by molar-refractivity contribution is 7.88. The highest BCUT2D eigenvalue weighted by Gasteiger charge is 2.25. The molecule has 122 valence electrons. The molecule has 9 heteroatoms. The monoisotopic (exact) mass is 339 g/mol. The lowest BCUT2D eigenvalue weighted by molar-refractivity contribution is -0.385. The van der Waals surface area contributed by atoms with E-state index in [1.165, 1.54) is 12.3 Å². The number of aromatic nitrogens is 1. The Morgan fingerprint density at radius 3 is 2.52 bits per heavy atom. The van der Waals surface area contributed by atoms with Gasteiger partial charge in [0.05, 0.1) is 29.0 Å². The molecule has 2 rings (SSSR count). The predicted molar refractivity (Wildman–Crippen MR) is 81.4 cm³/mol. The van der Waals surface area contributed by atoms with Gasteiger partial charge in [0.15, 0.2) is 0 Å². The molecule has 0 unspecified atom stereocenters. The Balaban J connectivity index is 2.38. The maximum absolute atomic E-state index is 14.0. The summed E-state index contributed by atoms with van der Waals surface area (Å²) in [6.07, 6.45) is 2.46. The highest BCUT2D eigenvalue weighted by atomic mass is 32.2. The molecule has 0 saturated carbocycles. The average Bonchev–Trinajstić information content (AvgIpc) is 2.48. The third-order valence-electron chi connectivity index (χ3n) is 3.16. The van der Waals surface area contributed by atoms with Gasteiger partial charge in [-0.2, -0.15) is 4.31 Å². The number of hydrogen-bond donors (Lipinski definition) is 0. The molecule has 0 aliphatic rings. The first-order valence-corrected chi connectivity index (χ1v) is 8.40. The summed E-state index contributed by atoms with van der Waals surface area (Å²) in [7, 11) is -3.72. The Hall–Kier alpha value is -2.39. The smallest absolute Gasteiger partial charge is 0.260 e. The van der Waals surface area contributed by atoms with Crippen LogP contribution in [0.25, 0.3) is 0 Å². The molecule has 2 aromatic rings. The number of benzene rings is 1. The van der Waals surface area contributed by atoms with Crippen LogP contribution in [0.15, 0.2) is 42.6 Å². The quantitative estimate of drug-likeness (QED) is 0.593. The summed E-state index contributed by atoms with van der Waals surface area (Å²) < 4.78 is 38.8. The first-order chi connectivity index (χ1) is 10.8. The molecule has 0 aliphatic carbocycles. The SMILES string of the molecule is CS(=O)(=O)N(Cc1ccccn1)Cc1c(F)cccc1[N+](=O)[O-]. The second kappa shape index (κ2) is 6.80. The van der Waals surface area contributed by atoms with Crippen molar-refractivity contribution < 1.29 is 17.7 Å². The maximum atomic E-state index is 14.0. The molecule has 0 amide bonds. The summed E-state index contributed by atoms with van der Waals surface area (Å²) in [5.41, 5.74) is -0.282. The predicted octanol–water partition coefficient (Wildman–Crippen LogP) is 2.09. The molecule has 0 bridgehead atoms. The van der Waals surface area contributed by atoms with Gasteiger partial charge in [0.25, 0.3) is 5.69 Å². The van der Waals surface area contributed by atoms with Crippen molar-refractivity contribution >= 4 is 15.7 Å². The maximum Gasteiger partial charge on any atom is 0.276 e. The molecule has 1 heterocycles. The standard InChI is InChI=1S/C14H14FN3O4S/c1-23(21,22)17(9-11-5-2-3-8-16-11)10-12-13(15)6-4-7-14(12)18(19)20/h2-8H,9-10H2,1H3. The van der Waals surface area contributed by atoms with Crippen molar-refractivity contribution in [2.45, 2.75) is 13.1 Å². The van der Waals surface area contributed by atoms with E-state index in [0.717, 1.165) is 22.7 Å². The van der Waals surface area contributed by atoms with Gasteiger partial charge in [-0.05, 0) is 18.2 Å². The van der Waals surface area contributed by atoms with Gasteiger partial charge in [-0.3, -0.25) is 15.1 Å². The first-order valence-electron chi connectivity index (χ1n) is 6.56. The molecule has 23 heavy (non-hydrogen) atoms. The Morgan fingerprint density at radius 2 is 1.96 bits per heavy atom. The lowest BCUT2D eigenvalue weighted by Crippen LogP contribution is -2.30. The van der Waals surface area contributed by atoms with E-state index in [4.69, 9.17) is 0 Å². The second-order valence-corrected chi connectivity index (χ2v) is 6.83. The number of sulfonamides is 1. The fourth-order valence-electron chi connectivity index (χ4n) is 2.01. The minimum absolute atomic E-state index is 0.106. The Bertz CT molecular complexity index is 812. The number of halogens is 1. The van der Waals surface area contributed by atoms with E-state index in [1.807, 2.05) is 0 Å². The molecular weight excluding hydrogens is 325 g/mol. The summed E-state index contributed by atoms with van der Waals surface area (Å²) in [5.74, 6) is -0.825. The van der Waals surface area contributed by atoms with Crippen LogP contribution >= 0.6 is 0 Å². The lowest BCUT2D eigenvalue weighted by atomic mass is 10.1. The van der Waals surface area contributed by atoms with Gasteiger partial charge in [0.2, 0.25) is 10.0 Å². The zero-order valence-electron chi connectivity index (χ0n) is 12.2. The number of pyridine rings is 1. The van der Waals surface area contributed by atoms with Crippen LogP contribution in [-0.2, 0) is 23.1 Å². The Labute approximate surface area is 132 Å². The third kappa shape index (κ3) is 4.30. The summed E-state index contributed by atoms with van der Waals surface area (Å²) >= 11 is 0. The number of hydrogen-bond acceptors (Lipinski definition) is 5. The van der Waals surface area contributed by atoms with Gasteiger partial charge in [0, 0.05) is 18.8 Å². The van der Waals surface area contributed by atoms with Crippen molar-refractivity contribution in [1.29, 1.82) is 0 Å². The number of nitro groups is 1. The summed E-state index contributed by atoms with van der Waals surface area (Å²) in [4.78, 5) is 14.3. The largest absolute Gasteiger partial charge is 0.276 e. The van der Waals surface area contributed by atoms with E-state index < -0.39 is 33.0 Å². The van der Waals surface area contributed by atoms with E-state index >= 15 is 0 Å². The van der Waals surface area contributed by atoms with E-state index in [2.05, 4.69) is 4.98 Å². The van der Waals surface area contributed by atoms with Crippen LogP contribution in [-0.4, -0.2) is 28.9 Å². The molecule has 0 radical (unpaired) electrons. The molecular formula is C14H14FN3O4S. The van der Waals surface area contributed by atoms with Gasteiger partial charge in [-0.15, -0.1) is 0 Å². The van der Waals surface area contributed by atoms with Crippen molar-refractivity contribution in [3.8, 4) is 0 Å². The second-order valence-electron chi connectivity index (χ2n) is 4.85. The molecule has 0 spiro atoms. The van der Waals surface area contributed by atoms with Crippen LogP contribution in [0.4, 0.5) is 10.1 Å².